The summed E-state index contributed by atoms with van der Waals surface area (Å²) in [6.07, 6.45) is 15.1. The maximum atomic E-state index is 12.7. The minimum atomic E-state index is -4.60. The van der Waals surface area contributed by atoms with E-state index in [1.807, 2.05) is 43.9 Å². The SMILES string of the molecule is CC1(C)C(/C=C/C=C/C=C2/N(CCCCCC(=O)NCCC(=O)Nc3ccc(CN=[N+]=[N-])nc3)c3ccc(S(=O)(=O)O)cc3C2(C)CCCCS(=O)(=O)O)=Nc2c1cc(Cl)c[n+]2CCCS(=O)(=O)[O-]. The number of anilines is 2. The summed E-state index contributed by atoms with van der Waals surface area (Å²) in [6, 6.07) is 9.43. The van der Waals surface area contributed by atoms with Gasteiger partial charge in [-0.2, -0.15) is 16.8 Å². The van der Waals surface area contributed by atoms with Crippen molar-refractivity contribution in [2.75, 3.05) is 34.8 Å². The molecule has 4 N–H and O–H groups in total. The Morgan fingerprint density at radius 3 is 2.38 bits per heavy atom. The zero-order chi connectivity index (χ0) is 50.6. The lowest BCUT2D eigenvalue weighted by molar-refractivity contribution is -0.684. The molecule has 0 radical (unpaired) electrons. The van der Waals surface area contributed by atoms with Crippen LogP contribution in [0.5, 0.6) is 0 Å². The molecule has 0 aliphatic carbocycles. The van der Waals surface area contributed by atoms with Gasteiger partial charge in [0.05, 0.1) is 61.7 Å². The number of azide groups is 1. The molecule has 2 aliphatic heterocycles. The number of rotatable bonds is 25. The van der Waals surface area contributed by atoms with Gasteiger partial charge < -0.3 is 20.1 Å². The lowest BCUT2D eigenvalue weighted by atomic mass is 9.77. The zero-order valence-corrected chi connectivity index (χ0v) is 41.6. The molecule has 0 saturated heterocycles. The molecule has 4 heterocycles. The Bertz CT molecular complexity index is 2920. The second-order valence-corrected chi connectivity index (χ2v) is 22.3. The summed E-state index contributed by atoms with van der Waals surface area (Å²) in [7, 11) is -13.2. The Kier molecular flexibility index (Phi) is 18.4. The normalized spacial score (nSPS) is 17.2. The fourth-order valence-corrected chi connectivity index (χ4v) is 10.1. The molecule has 5 rings (SSSR count). The zero-order valence-electron chi connectivity index (χ0n) is 38.4. The first-order chi connectivity index (χ1) is 32.4. The number of hydrogen-bond donors (Lipinski definition) is 4. The van der Waals surface area contributed by atoms with E-state index in [2.05, 4.69) is 25.6 Å². The number of allylic oxidation sites excluding steroid dienone is 6. The average molecular weight is 1030 g/mol. The van der Waals surface area contributed by atoms with Crippen LogP contribution in [0.1, 0.15) is 95.4 Å². The molecule has 0 spiro atoms. The van der Waals surface area contributed by atoms with Crippen molar-refractivity contribution >= 4 is 76.7 Å². The Morgan fingerprint density at radius 1 is 0.928 bits per heavy atom. The molecule has 2 amide bonds. The highest BCUT2D eigenvalue weighted by molar-refractivity contribution is 7.86. The molecule has 2 aromatic heterocycles. The summed E-state index contributed by atoms with van der Waals surface area (Å²) >= 11 is 6.45. The monoisotopic (exact) mass is 1030 g/mol. The van der Waals surface area contributed by atoms with Crippen molar-refractivity contribution in [2.45, 2.75) is 107 Å². The highest BCUT2D eigenvalue weighted by Gasteiger charge is 2.44. The molecule has 3 aromatic rings. The van der Waals surface area contributed by atoms with E-state index in [4.69, 9.17) is 22.1 Å². The third kappa shape index (κ3) is 15.5. The van der Waals surface area contributed by atoms with E-state index in [0.29, 0.717) is 77.8 Å². The smallest absolute Gasteiger partial charge is 0.327 e. The van der Waals surface area contributed by atoms with Crippen LogP contribution in [0.15, 0.2) is 99.9 Å². The van der Waals surface area contributed by atoms with E-state index >= 15 is 0 Å². The summed E-state index contributed by atoms with van der Waals surface area (Å²) in [6.45, 7) is 6.74. The van der Waals surface area contributed by atoms with Crippen LogP contribution in [0.25, 0.3) is 10.4 Å². The van der Waals surface area contributed by atoms with E-state index in [0.717, 1.165) is 11.3 Å². The average Bonchev–Trinajstić information content (AvgIpc) is 3.65. The molecule has 20 nitrogen and oxygen atoms in total. The van der Waals surface area contributed by atoms with Crippen molar-refractivity contribution in [2.24, 2.45) is 10.1 Å². The minimum absolute atomic E-state index is 0.0343. The second kappa shape index (κ2) is 23.4. The number of halogens is 1. The highest BCUT2D eigenvalue weighted by Crippen LogP contribution is 2.51. The maximum absolute atomic E-state index is 12.7. The van der Waals surface area contributed by atoms with E-state index in [1.54, 1.807) is 47.2 Å². The van der Waals surface area contributed by atoms with E-state index in [1.165, 1.54) is 18.3 Å². The number of fused-ring (bicyclic) bond motifs is 2. The van der Waals surface area contributed by atoms with Crippen molar-refractivity contribution in [3.05, 3.63) is 117 Å². The topological polar surface area (TPSA) is 305 Å². The minimum Gasteiger partial charge on any atom is -0.748 e. The third-order valence-corrected chi connectivity index (χ3v) is 14.5. The molecular weight excluding hydrogens is 974 g/mol. The molecule has 0 saturated carbocycles. The molecule has 0 fully saturated rings. The van der Waals surface area contributed by atoms with Gasteiger partial charge in [-0.3, -0.25) is 23.7 Å². The number of unbranched alkanes of at least 4 members (excludes halogenated alkanes) is 3. The van der Waals surface area contributed by atoms with Crippen molar-refractivity contribution in [1.29, 1.82) is 0 Å². The predicted molar refractivity (Wildman–Crippen MR) is 260 cm³/mol. The van der Waals surface area contributed by atoms with Crippen LogP contribution in [0.2, 0.25) is 5.02 Å². The van der Waals surface area contributed by atoms with Crippen molar-refractivity contribution in [3.8, 4) is 0 Å². The van der Waals surface area contributed by atoms with Crippen LogP contribution < -0.4 is 20.1 Å². The lowest BCUT2D eigenvalue weighted by Crippen LogP contribution is -2.36. The van der Waals surface area contributed by atoms with Crippen molar-refractivity contribution < 1.29 is 53.1 Å². The lowest BCUT2D eigenvalue weighted by Gasteiger charge is -2.30. The fourth-order valence-electron chi connectivity index (χ4n) is 8.28. The van der Waals surface area contributed by atoms with Crippen LogP contribution in [-0.4, -0.2) is 86.0 Å². The molecule has 372 valence electrons. The summed E-state index contributed by atoms with van der Waals surface area (Å²) in [5, 5.41) is 9.33. The molecule has 1 atom stereocenters. The van der Waals surface area contributed by atoms with Gasteiger partial charge in [0.1, 0.15) is 6.20 Å². The van der Waals surface area contributed by atoms with Crippen LogP contribution in [0, 0.1) is 0 Å². The number of aryl methyl sites for hydroxylation is 1. The Morgan fingerprint density at radius 2 is 1.70 bits per heavy atom. The highest BCUT2D eigenvalue weighted by atomic mass is 35.5. The van der Waals surface area contributed by atoms with E-state index in [-0.39, 0.29) is 62.0 Å². The number of hydrogen-bond acceptors (Lipinski definition) is 13. The molecule has 2 aliphatic rings. The van der Waals surface area contributed by atoms with Gasteiger partial charge in [-0.05, 0) is 118 Å². The number of aromatic nitrogens is 2. The number of pyridine rings is 2. The van der Waals surface area contributed by atoms with Crippen LogP contribution in [0.3, 0.4) is 0 Å². The van der Waals surface area contributed by atoms with Gasteiger partial charge in [-0.25, -0.2) is 13.0 Å². The Balaban J connectivity index is 1.29. The molecule has 24 heteroatoms. The molecule has 69 heavy (non-hydrogen) atoms. The first-order valence-electron chi connectivity index (χ1n) is 22.1. The van der Waals surface area contributed by atoms with Gasteiger partial charge in [0, 0.05) is 59.1 Å². The quantitative estimate of drug-likeness (QED) is 0.0128. The predicted octanol–water partition coefficient (Wildman–Crippen LogP) is 6.92. The number of carbonyl (C=O) groups excluding carboxylic acids is 2. The van der Waals surface area contributed by atoms with Crippen LogP contribution >= 0.6 is 11.6 Å². The van der Waals surface area contributed by atoms with Crippen molar-refractivity contribution in [3.63, 3.8) is 0 Å². The fraction of sp³-hybridized carbons (Fsp3) is 0.444. The van der Waals surface area contributed by atoms with Crippen LogP contribution in [0.4, 0.5) is 17.2 Å². The molecule has 0 bridgehead atoms. The molecular formula is C45H56ClN9O11S3. The summed E-state index contributed by atoms with van der Waals surface area (Å²) in [5.41, 5.74) is 11.5. The van der Waals surface area contributed by atoms with Crippen LogP contribution in [-0.2, 0) is 63.9 Å². The van der Waals surface area contributed by atoms with Gasteiger partial charge in [0.25, 0.3) is 20.2 Å². The second-order valence-electron chi connectivity index (χ2n) is 17.4. The van der Waals surface area contributed by atoms with Gasteiger partial charge in [0.2, 0.25) is 11.8 Å². The summed E-state index contributed by atoms with van der Waals surface area (Å²) in [4.78, 5) is 38.5. The summed E-state index contributed by atoms with van der Waals surface area (Å²) < 4.78 is 103. The number of aliphatic imine (C=N–C) groups is 1. The number of benzene rings is 1. The number of nitrogens with one attached hydrogen (secondary N) is 2. The standard InChI is InChI=1S/C45H56ClN9O11S3/c1-44(2)37-27-32(46)31-54(23-12-26-68(61,62)63)43(37)52-39(44)13-6-4-7-14-40-45(3,21-9-11-25-67(58,59)60)36-28-35(69(64,65)66)18-19-38(36)55(40)24-10-5-8-15-41(56)48-22-20-42(57)51-34-17-16-33(49-29-34)30-50-53-47/h4,6-7,13-14,16-19,27-29,31H,5,8-12,15,20-26,30H2,1-3H3,(H4-,48,51,56,57,58,59,60,61,62,63,64,65,66). The number of nitrogens with zero attached hydrogens (tertiary/aromatic N) is 7. The van der Waals surface area contributed by atoms with Gasteiger partial charge in [-0.15, -0.1) is 0 Å². The van der Waals surface area contributed by atoms with Crippen molar-refractivity contribution in [1.82, 2.24) is 10.3 Å². The molecule has 1 aromatic carbocycles. The maximum Gasteiger partial charge on any atom is 0.327 e. The van der Waals surface area contributed by atoms with Gasteiger partial charge >= 0.3 is 5.82 Å². The Labute approximate surface area is 407 Å². The number of carbonyl (C=O) groups is 2. The largest absolute Gasteiger partial charge is 0.748 e. The summed E-state index contributed by atoms with van der Waals surface area (Å²) in [5.74, 6) is -0.933. The Hall–Kier alpha value is -5.52. The number of amides is 2. The first-order valence-corrected chi connectivity index (χ1v) is 27.1. The van der Waals surface area contributed by atoms with E-state index in [9.17, 15) is 48.5 Å². The van der Waals surface area contributed by atoms with E-state index < -0.39 is 52.7 Å². The molecule has 1 unspecified atom stereocenters. The van der Waals surface area contributed by atoms with Gasteiger partial charge in [-0.1, -0.05) is 47.8 Å². The first kappa shape index (κ1) is 54.4. The van der Waals surface area contributed by atoms with Gasteiger partial charge in [0.15, 0.2) is 5.71 Å². The third-order valence-electron chi connectivity index (χ3n) is 11.8.